The van der Waals surface area contributed by atoms with Gasteiger partial charge in [-0.3, -0.25) is 9.59 Å². The molecule has 0 saturated heterocycles. The molecular formula is C23H20N4O3S. The average molecular weight is 433 g/mol. The highest BCUT2D eigenvalue weighted by molar-refractivity contribution is 8.00. The van der Waals surface area contributed by atoms with Crippen LogP contribution in [0.4, 0.5) is 5.69 Å². The number of primary amides is 1. The van der Waals surface area contributed by atoms with Crippen molar-refractivity contribution in [2.24, 2.45) is 5.73 Å². The van der Waals surface area contributed by atoms with Crippen LogP contribution in [-0.2, 0) is 9.59 Å². The minimum Gasteiger partial charge on any atom is -0.461 e. The summed E-state index contributed by atoms with van der Waals surface area (Å²) in [6.07, 6.45) is 1.66. The van der Waals surface area contributed by atoms with Gasteiger partial charge >= 0.3 is 0 Å². The number of aromatic nitrogens is 2. The molecule has 31 heavy (non-hydrogen) atoms. The standard InChI is InChI=1S/C23H20N4O3S/c24-20(28)12-13-27(16-7-2-1-3-8-16)21(29)15-31-23-17-9-4-5-10-18(17)25-22(26-23)19-11-6-14-30-19/h1-11,14H,12-13,15H2,(H2,24,28). The molecule has 0 fully saturated rings. The topological polar surface area (TPSA) is 102 Å². The Morgan fingerprint density at radius 1 is 0.968 bits per heavy atom. The smallest absolute Gasteiger partial charge is 0.237 e. The normalized spacial score (nSPS) is 10.8. The fourth-order valence-corrected chi connectivity index (χ4v) is 4.00. The molecule has 0 atom stereocenters. The summed E-state index contributed by atoms with van der Waals surface area (Å²) in [5.74, 6) is 0.580. The van der Waals surface area contributed by atoms with Gasteiger partial charge in [0.25, 0.3) is 0 Å². The van der Waals surface area contributed by atoms with E-state index in [9.17, 15) is 9.59 Å². The number of nitrogens with zero attached hydrogens (tertiary/aromatic N) is 3. The molecule has 0 bridgehead atoms. The van der Waals surface area contributed by atoms with E-state index in [2.05, 4.69) is 9.97 Å². The van der Waals surface area contributed by atoms with Crippen molar-refractivity contribution in [3.05, 3.63) is 73.0 Å². The van der Waals surface area contributed by atoms with Crippen LogP contribution < -0.4 is 10.6 Å². The van der Waals surface area contributed by atoms with Gasteiger partial charge in [0.05, 0.1) is 17.5 Å². The van der Waals surface area contributed by atoms with Gasteiger partial charge < -0.3 is 15.1 Å². The van der Waals surface area contributed by atoms with E-state index >= 15 is 0 Å². The van der Waals surface area contributed by atoms with Gasteiger partial charge in [-0.05, 0) is 30.3 Å². The van der Waals surface area contributed by atoms with Crippen LogP contribution in [0.1, 0.15) is 6.42 Å². The van der Waals surface area contributed by atoms with Crippen LogP contribution in [0.3, 0.4) is 0 Å². The first-order chi connectivity index (χ1) is 15.1. The van der Waals surface area contributed by atoms with E-state index in [1.807, 2.05) is 54.6 Å². The number of amides is 2. The van der Waals surface area contributed by atoms with Crippen molar-refractivity contribution in [1.29, 1.82) is 0 Å². The maximum atomic E-state index is 13.1. The van der Waals surface area contributed by atoms with E-state index in [1.54, 1.807) is 23.3 Å². The number of anilines is 1. The molecule has 0 radical (unpaired) electrons. The molecule has 2 aromatic heterocycles. The summed E-state index contributed by atoms with van der Waals surface area (Å²) >= 11 is 1.33. The highest BCUT2D eigenvalue weighted by Gasteiger charge is 2.19. The monoisotopic (exact) mass is 432 g/mol. The van der Waals surface area contributed by atoms with Gasteiger partial charge in [0, 0.05) is 24.0 Å². The number of hydrogen-bond donors (Lipinski definition) is 1. The Morgan fingerprint density at radius 2 is 1.74 bits per heavy atom. The number of nitrogens with two attached hydrogens (primary N) is 1. The lowest BCUT2D eigenvalue weighted by atomic mass is 10.2. The van der Waals surface area contributed by atoms with E-state index in [0.29, 0.717) is 16.6 Å². The van der Waals surface area contributed by atoms with Crippen molar-refractivity contribution in [1.82, 2.24) is 9.97 Å². The molecule has 0 saturated carbocycles. The summed E-state index contributed by atoms with van der Waals surface area (Å²) in [4.78, 5) is 35.1. The highest BCUT2D eigenvalue weighted by atomic mass is 32.2. The number of furan rings is 1. The fourth-order valence-electron chi connectivity index (χ4n) is 3.11. The van der Waals surface area contributed by atoms with Gasteiger partial charge in [0.1, 0.15) is 5.03 Å². The number of carbonyl (C=O) groups excluding carboxylic acids is 2. The zero-order valence-electron chi connectivity index (χ0n) is 16.6. The first-order valence-electron chi connectivity index (χ1n) is 9.69. The van der Waals surface area contributed by atoms with Crippen molar-refractivity contribution in [3.8, 4) is 11.6 Å². The molecule has 2 aromatic carbocycles. The second-order valence-corrected chi connectivity index (χ2v) is 7.70. The highest BCUT2D eigenvalue weighted by Crippen LogP contribution is 2.29. The maximum absolute atomic E-state index is 13.1. The van der Waals surface area contributed by atoms with Crippen molar-refractivity contribution in [3.63, 3.8) is 0 Å². The minimum absolute atomic E-state index is 0.0877. The third kappa shape index (κ3) is 4.92. The minimum atomic E-state index is -0.453. The Morgan fingerprint density at radius 3 is 2.48 bits per heavy atom. The third-order valence-electron chi connectivity index (χ3n) is 4.59. The second kappa shape index (κ2) is 9.44. The van der Waals surface area contributed by atoms with Crippen molar-refractivity contribution in [2.45, 2.75) is 11.4 Å². The summed E-state index contributed by atoms with van der Waals surface area (Å²) in [5.41, 5.74) is 6.79. The molecule has 2 heterocycles. The van der Waals surface area contributed by atoms with Crippen LogP contribution in [0, 0.1) is 0 Å². The van der Waals surface area contributed by atoms with Crippen LogP contribution in [0.25, 0.3) is 22.5 Å². The summed E-state index contributed by atoms with van der Waals surface area (Å²) in [6.45, 7) is 0.223. The van der Waals surface area contributed by atoms with Crippen LogP contribution in [-0.4, -0.2) is 34.1 Å². The molecule has 156 valence electrons. The predicted molar refractivity (Wildman–Crippen MR) is 121 cm³/mol. The Labute approximate surface area is 183 Å². The Balaban J connectivity index is 1.59. The Hall–Kier alpha value is -3.65. The van der Waals surface area contributed by atoms with Crippen LogP contribution >= 0.6 is 11.8 Å². The molecule has 2 N–H and O–H groups in total. The van der Waals surface area contributed by atoms with E-state index in [4.69, 9.17) is 10.2 Å². The fraction of sp³-hybridized carbons (Fsp3) is 0.130. The van der Waals surface area contributed by atoms with E-state index in [-0.39, 0.29) is 24.6 Å². The van der Waals surface area contributed by atoms with Crippen molar-refractivity contribution >= 4 is 40.2 Å². The average Bonchev–Trinajstić information content (AvgIpc) is 3.33. The lowest BCUT2D eigenvalue weighted by Gasteiger charge is -2.22. The number of rotatable bonds is 8. The largest absolute Gasteiger partial charge is 0.461 e. The van der Waals surface area contributed by atoms with Gasteiger partial charge in [0.15, 0.2) is 11.6 Å². The van der Waals surface area contributed by atoms with Crippen LogP contribution in [0.15, 0.2) is 82.4 Å². The van der Waals surface area contributed by atoms with Gasteiger partial charge in [0.2, 0.25) is 11.8 Å². The number of carbonyl (C=O) groups is 2. The van der Waals surface area contributed by atoms with Crippen molar-refractivity contribution in [2.75, 3.05) is 17.2 Å². The zero-order valence-corrected chi connectivity index (χ0v) is 17.4. The molecule has 0 aliphatic carbocycles. The van der Waals surface area contributed by atoms with E-state index in [1.165, 1.54) is 11.8 Å². The molecule has 0 spiro atoms. The summed E-state index contributed by atoms with van der Waals surface area (Å²) in [5, 5.41) is 1.55. The molecule has 8 heteroatoms. The second-order valence-electron chi connectivity index (χ2n) is 6.73. The van der Waals surface area contributed by atoms with Crippen LogP contribution in [0.2, 0.25) is 0 Å². The number of hydrogen-bond acceptors (Lipinski definition) is 6. The Bertz CT molecular complexity index is 1200. The van der Waals surface area contributed by atoms with E-state index < -0.39 is 5.91 Å². The lowest BCUT2D eigenvalue weighted by Crippen LogP contribution is -2.35. The molecule has 0 aliphatic rings. The predicted octanol–water partition coefficient (Wildman–Crippen LogP) is 3.89. The van der Waals surface area contributed by atoms with Gasteiger partial charge in [-0.25, -0.2) is 9.97 Å². The van der Waals surface area contributed by atoms with Gasteiger partial charge in [-0.2, -0.15) is 0 Å². The van der Waals surface area contributed by atoms with Crippen LogP contribution in [0.5, 0.6) is 0 Å². The molecule has 0 unspecified atom stereocenters. The molecular weight excluding hydrogens is 412 g/mol. The van der Waals surface area contributed by atoms with Gasteiger partial charge in [-0.1, -0.05) is 48.2 Å². The molecule has 2 amide bonds. The molecule has 4 rings (SSSR count). The number of thioether (sulfide) groups is 1. The quantitative estimate of drug-likeness (QED) is 0.335. The number of benzene rings is 2. The summed E-state index contributed by atoms with van der Waals surface area (Å²) in [6, 6.07) is 20.5. The molecule has 0 aliphatic heterocycles. The first-order valence-corrected chi connectivity index (χ1v) is 10.7. The Kier molecular flexibility index (Phi) is 6.28. The molecule has 7 nitrogen and oxygen atoms in total. The van der Waals surface area contributed by atoms with Crippen molar-refractivity contribution < 1.29 is 14.0 Å². The molecule has 4 aromatic rings. The SMILES string of the molecule is NC(=O)CCN(C(=O)CSc1nc(-c2ccco2)nc2ccccc12)c1ccccc1. The first kappa shape index (κ1) is 20.6. The number of fused-ring (bicyclic) bond motifs is 1. The van der Waals surface area contributed by atoms with E-state index in [0.717, 1.165) is 16.6 Å². The number of para-hydroxylation sites is 2. The van der Waals surface area contributed by atoms with Gasteiger partial charge in [-0.15, -0.1) is 0 Å². The third-order valence-corrected chi connectivity index (χ3v) is 5.57. The summed E-state index contributed by atoms with van der Waals surface area (Å²) < 4.78 is 5.45. The lowest BCUT2D eigenvalue weighted by molar-refractivity contribution is -0.118. The summed E-state index contributed by atoms with van der Waals surface area (Å²) in [7, 11) is 0. The maximum Gasteiger partial charge on any atom is 0.237 e. The zero-order chi connectivity index (χ0) is 21.6.